The van der Waals surface area contributed by atoms with Gasteiger partial charge in [-0.25, -0.2) is 0 Å². The number of hydrogen-bond donors (Lipinski definition) is 2. The van der Waals surface area contributed by atoms with E-state index >= 15 is 0 Å². The van der Waals surface area contributed by atoms with Gasteiger partial charge in [0.05, 0.1) is 10.9 Å². The Morgan fingerprint density at radius 3 is 2.46 bits per heavy atom. The molecule has 1 heterocycles. The number of carbonyl (C=O) groups excluding carboxylic acids is 2. The number of amides is 1. The third-order valence-corrected chi connectivity index (χ3v) is 5.47. The molecule has 3 N–H and O–H groups in total. The predicted molar refractivity (Wildman–Crippen MR) is 105 cm³/mol. The Hall–Kier alpha value is -2.71. The summed E-state index contributed by atoms with van der Waals surface area (Å²) in [5.41, 5.74) is 7.06. The summed E-state index contributed by atoms with van der Waals surface area (Å²) in [5.74, 6) is -0.365. The minimum atomic E-state index is -0.415. The van der Waals surface area contributed by atoms with Crippen molar-refractivity contribution in [3.05, 3.63) is 65.7 Å². The number of hydrogen-bond acceptors (Lipinski definition) is 7. The first kappa shape index (κ1) is 18.1. The zero-order valence-electron chi connectivity index (χ0n) is 13.9. The Kier molecular flexibility index (Phi) is 5.65. The molecule has 0 aliphatic heterocycles. The van der Waals surface area contributed by atoms with Crippen LogP contribution in [-0.2, 0) is 4.79 Å². The van der Waals surface area contributed by atoms with Gasteiger partial charge in [-0.2, -0.15) is 0 Å². The fourth-order valence-corrected chi connectivity index (χ4v) is 4.02. The molecule has 1 aromatic heterocycles. The molecule has 1 atom stereocenters. The Balaban J connectivity index is 1.75. The number of ketones is 1. The average molecular weight is 384 g/mol. The summed E-state index contributed by atoms with van der Waals surface area (Å²) in [5, 5.41) is 10.4. The largest absolute Gasteiger partial charge is 0.374 e. The molecule has 0 saturated heterocycles. The monoisotopic (exact) mass is 384 g/mol. The molecule has 1 amide bonds. The van der Waals surface area contributed by atoms with Gasteiger partial charge in [0.15, 0.2) is 10.1 Å². The van der Waals surface area contributed by atoms with Crippen molar-refractivity contribution in [1.29, 1.82) is 0 Å². The van der Waals surface area contributed by atoms with Crippen molar-refractivity contribution in [1.82, 2.24) is 10.2 Å². The summed E-state index contributed by atoms with van der Waals surface area (Å²) >= 11 is 2.50. The van der Waals surface area contributed by atoms with E-state index < -0.39 is 5.25 Å². The van der Waals surface area contributed by atoms with E-state index in [0.717, 1.165) is 0 Å². The summed E-state index contributed by atoms with van der Waals surface area (Å²) in [7, 11) is 0. The molecule has 0 bridgehead atoms. The second-order valence-corrected chi connectivity index (χ2v) is 7.99. The number of aromatic nitrogens is 2. The van der Waals surface area contributed by atoms with Gasteiger partial charge in [-0.15, -0.1) is 10.2 Å². The lowest BCUT2D eigenvalue weighted by Gasteiger charge is -2.13. The van der Waals surface area contributed by atoms with Gasteiger partial charge in [-0.05, 0) is 19.1 Å². The molecule has 0 spiro atoms. The van der Waals surface area contributed by atoms with E-state index in [4.69, 9.17) is 5.73 Å². The Morgan fingerprint density at radius 1 is 1.08 bits per heavy atom. The van der Waals surface area contributed by atoms with Crippen LogP contribution in [0, 0.1) is 0 Å². The number of nitrogens with one attached hydrogen (secondary N) is 1. The van der Waals surface area contributed by atoms with Crippen molar-refractivity contribution >= 4 is 45.6 Å². The third-order valence-electron chi connectivity index (χ3n) is 3.53. The van der Waals surface area contributed by atoms with Crippen LogP contribution in [0.25, 0.3) is 0 Å². The van der Waals surface area contributed by atoms with Crippen molar-refractivity contribution in [2.24, 2.45) is 0 Å². The lowest BCUT2D eigenvalue weighted by molar-refractivity contribution is -0.115. The Bertz CT molecular complexity index is 928. The molecule has 0 aliphatic carbocycles. The molecule has 0 saturated carbocycles. The lowest BCUT2D eigenvalue weighted by atomic mass is 10.0. The molecular formula is C18H16N4O2S2. The first-order valence-corrected chi connectivity index (χ1v) is 9.49. The number of nitrogen functional groups attached to an aromatic ring is 1. The summed E-state index contributed by atoms with van der Waals surface area (Å²) < 4.78 is 0.624. The van der Waals surface area contributed by atoms with Gasteiger partial charge < -0.3 is 11.1 Å². The van der Waals surface area contributed by atoms with Crippen LogP contribution in [0.15, 0.2) is 58.9 Å². The molecule has 1 unspecified atom stereocenters. The van der Waals surface area contributed by atoms with Crippen molar-refractivity contribution in [3.63, 3.8) is 0 Å². The second kappa shape index (κ2) is 8.11. The summed E-state index contributed by atoms with van der Waals surface area (Å²) in [6, 6.07) is 15.9. The maximum atomic E-state index is 12.7. The zero-order chi connectivity index (χ0) is 18.5. The van der Waals surface area contributed by atoms with E-state index in [0.29, 0.717) is 26.3 Å². The highest BCUT2D eigenvalue weighted by molar-refractivity contribution is 8.02. The molecule has 6 nitrogen and oxygen atoms in total. The van der Waals surface area contributed by atoms with E-state index in [2.05, 4.69) is 15.5 Å². The number of anilines is 2. The fraction of sp³-hybridized carbons (Fsp3) is 0.111. The van der Waals surface area contributed by atoms with Crippen LogP contribution < -0.4 is 11.1 Å². The van der Waals surface area contributed by atoms with Crippen LogP contribution in [0.5, 0.6) is 0 Å². The van der Waals surface area contributed by atoms with Crippen LogP contribution in [-0.4, -0.2) is 27.1 Å². The molecule has 0 fully saturated rings. The molecule has 3 aromatic rings. The molecule has 132 valence electrons. The topological polar surface area (TPSA) is 98.0 Å². The van der Waals surface area contributed by atoms with Gasteiger partial charge in [-0.1, -0.05) is 65.6 Å². The van der Waals surface area contributed by atoms with Gasteiger partial charge in [0, 0.05) is 11.1 Å². The molecule has 2 aromatic carbocycles. The summed E-state index contributed by atoms with van der Waals surface area (Å²) in [6.45, 7) is 1.76. The number of para-hydroxylation sites is 1. The smallest absolute Gasteiger partial charge is 0.237 e. The highest BCUT2D eigenvalue weighted by atomic mass is 32.2. The quantitative estimate of drug-likeness (QED) is 0.499. The van der Waals surface area contributed by atoms with E-state index in [1.807, 2.05) is 6.07 Å². The summed E-state index contributed by atoms with van der Waals surface area (Å²) in [6.07, 6.45) is 0. The third kappa shape index (κ3) is 4.27. The van der Waals surface area contributed by atoms with E-state index in [1.54, 1.807) is 55.5 Å². The molecular weight excluding hydrogens is 368 g/mol. The molecule has 3 rings (SSSR count). The first-order chi connectivity index (χ1) is 12.5. The van der Waals surface area contributed by atoms with Gasteiger partial charge in [0.25, 0.3) is 0 Å². The van der Waals surface area contributed by atoms with E-state index in [9.17, 15) is 9.59 Å². The van der Waals surface area contributed by atoms with E-state index in [1.165, 1.54) is 23.1 Å². The fourth-order valence-electron chi connectivity index (χ4n) is 2.24. The van der Waals surface area contributed by atoms with Crippen LogP contribution in [0.4, 0.5) is 10.8 Å². The lowest BCUT2D eigenvalue weighted by Crippen LogP contribution is -2.23. The highest BCUT2D eigenvalue weighted by Crippen LogP contribution is 2.28. The van der Waals surface area contributed by atoms with Gasteiger partial charge >= 0.3 is 0 Å². The minimum Gasteiger partial charge on any atom is -0.374 e. The minimum absolute atomic E-state index is 0.140. The molecule has 0 radical (unpaired) electrons. The predicted octanol–water partition coefficient (Wildman–Crippen LogP) is 3.47. The highest BCUT2D eigenvalue weighted by Gasteiger charge is 2.20. The summed E-state index contributed by atoms with van der Waals surface area (Å²) in [4.78, 5) is 25.2. The second-order valence-electron chi connectivity index (χ2n) is 5.40. The van der Waals surface area contributed by atoms with Crippen molar-refractivity contribution in [2.75, 3.05) is 11.1 Å². The van der Waals surface area contributed by atoms with Gasteiger partial charge in [0.1, 0.15) is 0 Å². The van der Waals surface area contributed by atoms with Crippen LogP contribution in [0.2, 0.25) is 0 Å². The van der Waals surface area contributed by atoms with Crippen molar-refractivity contribution < 1.29 is 9.59 Å². The first-order valence-electron chi connectivity index (χ1n) is 7.80. The number of nitrogens with zero attached hydrogens (tertiary/aromatic N) is 2. The standard InChI is InChI=1S/C18H16N4O2S2/c1-11(25-18-22-21-17(19)26-18)16(24)20-14-10-6-5-9-13(14)15(23)12-7-3-2-4-8-12/h2-11H,1H3,(H2,19,21)(H,20,24). The average Bonchev–Trinajstić information content (AvgIpc) is 3.07. The van der Waals surface area contributed by atoms with Crippen molar-refractivity contribution in [2.45, 2.75) is 16.5 Å². The number of carbonyl (C=O) groups is 2. The zero-order valence-corrected chi connectivity index (χ0v) is 15.5. The Morgan fingerprint density at radius 2 is 1.77 bits per heavy atom. The maximum absolute atomic E-state index is 12.7. The normalized spacial score (nSPS) is 11.7. The maximum Gasteiger partial charge on any atom is 0.237 e. The van der Waals surface area contributed by atoms with Crippen LogP contribution >= 0.6 is 23.1 Å². The molecule has 8 heteroatoms. The molecule has 0 aliphatic rings. The number of benzene rings is 2. The van der Waals surface area contributed by atoms with Gasteiger partial charge in [-0.3, -0.25) is 9.59 Å². The number of nitrogens with two attached hydrogens (primary N) is 1. The SMILES string of the molecule is CC(Sc1nnc(N)s1)C(=O)Nc1ccccc1C(=O)c1ccccc1. The van der Waals surface area contributed by atoms with Crippen LogP contribution in [0.3, 0.4) is 0 Å². The van der Waals surface area contributed by atoms with Crippen molar-refractivity contribution in [3.8, 4) is 0 Å². The number of rotatable bonds is 6. The molecule has 26 heavy (non-hydrogen) atoms. The number of thioether (sulfide) groups is 1. The van der Waals surface area contributed by atoms with Gasteiger partial charge in [0.2, 0.25) is 11.0 Å². The Labute approximate surface area is 158 Å². The van der Waals surface area contributed by atoms with Crippen LogP contribution in [0.1, 0.15) is 22.8 Å². The van der Waals surface area contributed by atoms with E-state index in [-0.39, 0.29) is 11.7 Å².